The van der Waals surface area contributed by atoms with Crippen LogP contribution < -0.4 is 11.1 Å². The zero-order valence-corrected chi connectivity index (χ0v) is 16.9. The molecule has 0 aliphatic heterocycles. The van der Waals surface area contributed by atoms with Crippen LogP contribution in [0.5, 0.6) is 0 Å². The van der Waals surface area contributed by atoms with Crippen LogP contribution in [-0.4, -0.2) is 34.5 Å². The largest absolute Gasteiger partial charge is 0.456 e. The third kappa shape index (κ3) is 6.00. The Morgan fingerprint density at radius 3 is 2.66 bits per heavy atom. The molecule has 0 unspecified atom stereocenters. The van der Waals surface area contributed by atoms with Gasteiger partial charge in [-0.25, -0.2) is 9.18 Å². The average molecular weight is 445 g/mol. The summed E-state index contributed by atoms with van der Waals surface area (Å²) in [6.07, 6.45) is 0.724. The van der Waals surface area contributed by atoms with Gasteiger partial charge in [0.15, 0.2) is 12.2 Å². The fraction of sp³-hybridized carbons (Fsp3) is 0.286. The predicted molar refractivity (Wildman–Crippen MR) is 110 cm³/mol. The summed E-state index contributed by atoms with van der Waals surface area (Å²) < 4.78 is 24.1. The molecule has 0 atom stereocenters. The first-order valence-electron chi connectivity index (χ1n) is 9.78. The lowest BCUT2D eigenvalue weighted by Crippen LogP contribution is -2.30. The number of rotatable bonds is 10. The van der Waals surface area contributed by atoms with Gasteiger partial charge in [-0.15, -0.1) is 0 Å². The third-order valence-corrected chi connectivity index (χ3v) is 4.64. The monoisotopic (exact) mass is 445 g/mol. The number of hydrogen-bond acceptors (Lipinski definition) is 7. The molecule has 1 N–H and O–H groups in total. The second-order valence-corrected chi connectivity index (χ2v) is 6.92. The number of nitro benzene ring substituents is 1. The third-order valence-electron chi connectivity index (χ3n) is 4.64. The van der Waals surface area contributed by atoms with Crippen LogP contribution in [-0.2, 0) is 27.3 Å². The quantitative estimate of drug-likeness (QED) is 0.288. The van der Waals surface area contributed by atoms with E-state index in [1.54, 1.807) is 12.1 Å². The highest BCUT2D eigenvalue weighted by molar-refractivity contribution is 5.80. The minimum Gasteiger partial charge on any atom is -0.456 e. The van der Waals surface area contributed by atoms with E-state index in [1.165, 1.54) is 28.8 Å². The molecular weight excluding hydrogens is 425 g/mol. The van der Waals surface area contributed by atoms with Gasteiger partial charge in [0.1, 0.15) is 5.82 Å². The van der Waals surface area contributed by atoms with Crippen molar-refractivity contribution in [2.45, 2.75) is 25.8 Å². The van der Waals surface area contributed by atoms with Crippen molar-refractivity contribution >= 4 is 28.7 Å². The van der Waals surface area contributed by atoms with Gasteiger partial charge in [-0.1, -0.05) is 12.1 Å². The molecule has 0 aliphatic carbocycles. The molecule has 10 nitrogen and oxygen atoms in total. The van der Waals surface area contributed by atoms with Gasteiger partial charge in [0.25, 0.3) is 11.6 Å². The predicted octanol–water partition coefficient (Wildman–Crippen LogP) is 2.32. The summed E-state index contributed by atoms with van der Waals surface area (Å²) in [5, 5.41) is 13.4. The summed E-state index contributed by atoms with van der Waals surface area (Å²) >= 11 is 0. The van der Waals surface area contributed by atoms with E-state index in [9.17, 15) is 28.9 Å². The van der Waals surface area contributed by atoms with Crippen LogP contribution in [0.3, 0.4) is 0 Å². The van der Waals surface area contributed by atoms with Crippen molar-refractivity contribution < 1.29 is 28.1 Å². The summed E-state index contributed by atoms with van der Waals surface area (Å²) in [6, 6.07) is 9.75. The second-order valence-electron chi connectivity index (χ2n) is 6.92. The van der Waals surface area contributed by atoms with Crippen LogP contribution in [0.15, 0.2) is 51.7 Å². The van der Waals surface area contributed by atoms with Crippen molar-refractivity contribution in [2.24, 2.45) is 0 Å². The number of nitrogens with zero attached hydrogens (tertiary/aromatic N) is 2. The molecule has 3 aromatic rings. The number of halogens is 1. The molecule has 0 saturated carbocycles. The van der Waals surface area contributed by atoms with Crippen molar-refractivity contribution in [3.63, 3.8) is 0 Å². The number of non-ortho nitro benzene ring substituents is 1. The molecule has 0 fully saturated rings. The van der Waals surface area contributed by atoms with Crippen LogP contribution in [0.2, 0.25) is 0 Å². The number of amides is 1. The van der Waals surface area contributed by atoms with Gasteiger partial charge in [-0.05, 0) is 36.6 Å². The van der Waals surface area contributed by atoms with E-state index in [-0.39, 0.29) is 36.5 Å². The molecule has 32 heavy (non-hydrogen) atoms. The lowest BCUT2D eigenvalue weighted by Gasteiger charge is -2.07. The molecule has 3 rings (SSSR count). The first-order chi connectivity index (χ1) is 15.3. The molecule has 168 valence electrons. The topological polar surface area (TPSA) is 134 Å². The number of oxazole rings is 1. The number of esters is 1. The number of carbonyl (C=O) groups is 2. The van der Waals surface area contributed by atoms with E-state index in [1.807, 2.05) is 0 Å². The molecular formula is C21H20FN3O7. The van der Waals surface area contributed by atoms with Crippen LogP contribution in [0.1, 0.15) is 18.4 Å². The van der Waals surface area contributed by atoms with Crippen molar-refractivity contribution in [3.8, 4) is 0 Å². The van der Waals surface area contributed by atoms with Crippen molar-refractivity contribution in [1.82, 2.24) is 9.88 Å². The fourth-order valence-corrected chi connectivity index (χ4v) is 3.03. The van der Waals surface area contributed by atoms with Crippen LogP contribution in [0, 0.1) is 15.9 Å². The van der Waals surface area contributed by atoms with Crippen molar-refractivity contribution in [3.05, 3.63) is 74.5 Å². The van der Waals surface area contributed by atoms with Crippen LogP contribution >= 0.6 is 0 Å². The lowest BCUT2D eigenvalue weighted by atomic mass is 10.1. The van der Waals surface area contributed by atoms with Crippen LogP contribution in [0.25, 0.3) is 11.1 Å². The molecule has 11 heteroatoms. The standard InChI is InChI=1S/C21H20FN3O7/c22-15-5-3-14(4-6-15)9-10-23-19(26)13-31-20(27)2-1-11-24-17-8-7-16(25(29)30)12-18(17)32-21(24)28/h3-8,12H,1-2,9-11,13H2,(H,23,26). The van der Waals surface area contributed by atoms with E-state index in [4.69, 9.17) is 9.15 Å². The summed E-state index contributed by atoms with van der Waals surface area (Å²) in [6.45, 7) is 0.0276. The smallest absolute Gasteiger partial charge is 0.419 e. The Hall–Kier alpha value is -4.02. The Kier molecular flexibility index (Phi) is 7.32. The number of hydrogen-bond donors (Lipinski definition) is 1. The van der Waals surface area contributed by atoms with Gasteiger partial charge >= 0.3 is 11.7 Å². The number of ether oxygens (including phenoxy) is 1. The number of aromatic nitrogens is 1. The Labute approximate surface area is 180 Å². The fourth-order valence-electron chi connectivity index (χ4n) is 3.03. The Morgan fingerprint density at radius 1 is 1.19 bits per heavy atom. The zero-order chi connectivity index (χ0) is 23.1. The molecule has 1 heterocycles. The van der Waals surface area contributed by atoms with Gasteiger partial charge in [-0.3, -0.25) is 24.3 Å². The number of aryl methyl sites for hydroxylation is 1. The highest BCUT2D eigenvalue weighted by Gasteiger charge is 2.15. The maximum Gasteiger partial charge on any atom is 0.419 e. The first kappa shape index (κ1) is 22.7. The van der Waals surface area contributed by atoms with E-state index < -0.39 is 29.2 Å². The van der Waals surface area contributed by atoms with Crippen molar-refractivity contribution in [2.75, 3.05) is 13.2 Å². The van der Waals surface area contributed by atoms with Gasteiger partial charge in [0.2, 0.25) is 0 Å². The van der Waals surface area contributed by atoms with E-state index >= 15 is 0 Å². The Bertz CT molecular complexity index is 1180. The Morgan fingerprint density at radius 2 is 1.94 bits per heavy atom. The minimum atomic E-state index is -0.686. The van der Waals surface area contributed by atoms with Crippen LogP contribution in [0.4, 0.5) is 10.1 Å². The zero-order valence-electron chi connectivity index (χ0n) is 16.9. The maximum absolute atomic E-state index is 12.8. The van der Waals surface area contributed by atoms with Crippen molar-refractivity contribution in [1.29, 1.82) is 0 Å². The molecule has 0 saturated heterocycles. The number of carbonyl (C=O) groups excluding carboxylic acids is 2. The number of fused-ring (bicyclic) bond motifs is 1. The minimum absolute atomic E-state index is 0.0328. The molecule has 1 aromatic heterocycles. The second kappa shape index (κ2) is 10.3. The Balaban J connectivity index is 1.39. The average Bonchev–Trinajstić information content (AvgIpc) is 3.08. The van der Waals surface area contributed by atoms with E-state index in [2.05, 4.69) is 5.32 Å². The van der Waals surface area contributed by atoms with Gasteiger partial charge in [0.05, 0.1) is 16.5 Å². The SMILES string of the molecule is O=C(COC(=O)CCCn1c(=O)oc2cc([N+](=O)[O-])ccc21)NCCc1ccc(F)cc1. The molecule has 0 spiro atoms. The molecule has 0 bridgehead atoms. The molecule has 1 amide bonds. The summed E-state index contributed by atoms with van der Waals surface area (Å²) in [5.74, 6) is -2.08. The molecule has 0 radical (unpaired) electrons. The maximum atomic E-state index is 12.8. The highest BCUT2D eigenvalue weighted by atomic mass is 19.1. The highest BCUT2D eigenvalue weighted by Crippen LogP contribution is 2.20. The summed E-state index contributed by atoms with van der Waals surface area (Å²) in [4.78, 5) is 45.8. The number of benzene rings is 2. The summed E-state index contributed by atoms with van der Waals surface area (Å²) in [5.41, 5.74) is 1.14. The number of nitro groups is 1. The normalized spacial score (nSPS) is 10.8. The molecule has 0 aliphatic rings. The van der Waals surface area contributed by atoms with E-state index in [0.717, 1.165) is 11.6 Å². The number of nitrogens with one attached hydrogen (secondary N) is 1. The first-order valence-corrected chi connectivity index (χ1v) is 9.78. The van der Waals surface area contributed by atoms with E-state index in [0.29, 0.717) is 18.5 Å². The van der Waals surface area contributed by atoms with Gasteiger partial charge in [-0.2, -0.15) is 0 Å². The lowest BCUT2D eigenvalue weighted by molar-refractivity contribution is -0.384. The molecule has 2 aromatic carbocycles. The van der Waals surface area contributed by atoms with Gasteiger partial charge in [0, 0.05) is 25.6 Å². The van der Waals surface area contributed by atoms with Gasteiger partial charge < -0.3 is 14.5 Å². The summed E-state index contributed by atoms with van der Waals surface area (Å²) in [7, 11) is 0.